The largest absolute Gasteiger partial charge is 1.00 e. The minimum atomic E-state index is -0.500. The minimum absolute atomic E-state index is 0. The Morgan fingerprint density at radius 1 is 1.16 bits per heavy atom. The molecule has 310 valence electrons. The van der Waals surface area contributed by atoms with Gasteiger partial charge in [0, 0.05) is 49.6 Å². The summed E-state index contributed by atoms with van der Waals surface area (Å²) in [5.41, 5.74) is 14.2. The molecule has 0 spiro atoms. The Labute approximate surface area is 402 Å². The Morgan fingerprint density at radius 2 is 1.86 bits per heavy atom. The van der Waals surface area contributed by atoms with Gasteiger partial charge in [-0.25, -0.2) is 19.4 Å². The number of likely N-dealkylation sites (N-methyl/N-ethyl adjacent to an activating group) is 1. The second-order valence-corrected chi connectivity index (χ2v) is 13.9. The summed E-state index contributed by atoms with van der Waals surface area (Å²) in [6.07, 6.45) is 18.2. The zero-order valence-electron chi connectivity index (χ0n) is 36.9. The molecule has 13 heteroatoms. The van der Waals surface area contributed by atoms with Gasteiger partial charge in [0.2, 0.25) is 0 Å². The molecule has 4 rings (SSSR count). The maximum Gasteiger partial charge on any atom is 1.00 e. The third-order valence-corrected chi connectivity index (χ3v) is 8.42. The van der Waals surface area contributed by atoms with Gasteiger partial charge in [0.25, 0.3) is 0 Å². The first-order valence-corrected chi connectivity index (χ1v) is 19.4. The van der Waals surface area contributed by atoms with E-state index in [-0.39, 0.29) is 93.6 Å². The number of ether oxygens (including phenoxy) is 2. The number of fused-ring (bicyclic) bond motifs is 1. The van der Waals surface area contributed by atoms with E-state index in [1.807, 2.05) is 64.1 Å². The number of carbonyl (C=O) groups excluding carboxylic acids is 1. The normalized spacial score (nSPS) is 15.7. The number of hydrazone groups is 1. The predicted octanol–water partition coefficient (Wildman–Crippen LogP) is 5.79. The first-order chi connectivity index (χ1) is 26.3. The van der Waals surface area contributed by atoms with Crippen molar-refractivity contribution in [2.75, 3.05) is 51.8 Å². The molecule has 3 heterocycles. The number of aryl methyl sites for hydroxylation is 1. The molecule has 0 amide bonds. The van der Waals surface area contributed by atoms with Crippen molar-refractivity contribution >= 4 is 29.3 Å². The van der Waals surface area contributed by atoms with Crippen LogP contribution in [0, 0.1) is 33.0 Å². The number of benzene rings is 1. The number of hydrogen-bond acceptors (Lipinski definition) is 10. The second-order valence-electron chi connectivity index (χ2n) is 13.9. The minimum Gasteiger partial charge on any atom is -0.489 e. The summed E-state index contributed by atoms with van der Waals surface area (Å²) in [4.78, 5) is 24.0. The van der Waals surface area contributed by atoms with Crippen LogP contribution in [0.25, 0.3) is 0 Å². The average Bonchev–Trinajstić information content (AvgIpc) is 3.29. The average molecular weight is 909 g/mol. The first kappa shape index (κ1) is 54.2. The number of aromatic nitrogens is 1. The number of anilines is 1. The standard InChI is InChI=1S/C32H41FN6O2.C7H13NO.C4H11N.CH3.Cs/c1-7-10-11-15-38-19-21(4)20-40-28-17-22(5)30(37-32(28)38)31(34)36-26-12-13-27(23(6)29(26)33)41-25-14-16-39(35-9-3)24(8-2)18-25;1-7(9)5-4-6-8(2)3;1-2-3-4-5;;/h8-9,12-14,16-18,21H,7,10-11,15,19-20H2,1-6H3,(H2,34,36);4-5H,6H2,1-3H3;2-5H2,1H3;1H3;/q;;;-1;+1/b24-8?,35-9-;5-4+;;;. The molecule has 1 aromatic heterocycles. The predicted molar refractivity (Wildman–Crippen MR) is 233 cm³/mol. The van der Waals surface area contributed by atoms with Crippen LogP contribution in [0.15, 0.2) is 76.3 Å². The molecule has 1 aromatic carbocycles. The summed E-state index contributed by atoms with van der Waals surface area (Å²) in [6.45, 7) is 19.4. The number of hydrogen-bond donors (Lipinski definition) is 2. The molecular formula is C44H68CsFN8O3. The van der Waals surface area contributed by atoms with Gasteiger partial charge >= 0.3 is 68.9 Å². The van der Waals surface area contributed by atoms with E-state index >= 15 is 4.39 Å². The molecule has 4 N–H and O–H groups in total. The van der Waals surface area contributed by atoms with Gasteiger partial charge in [-0.2, -0.15) is 5.10 Å². The van der Waals surface area contributed by atoms with Crippen molar-refractivity contribution in [1.29, 1.82) is 0 Å². The number of amidine groups is 1. The maximum absolute atomic E-state index is 15.5. The Morgan fingerprint density at radius 3 is 2.44 bits per heavy atom. The SMILES string of the molecule is CC(=O)/C=C/CN(C)C.CC=C1C=C(Oc2ccc(N=C(N)c3nc4c(cc3C)OCC(C)CN4CCCCC)c(F)c2C)C=CN1/N=C\C.CCCCN.[CH3-].[Cs+]. The Kier molecular flexibility index (Phi) is 28.0. The van der Waals surface area contributed by atoms with E-state index < -0.39 is 5.82 Å². The van der Waals surface area contributed by atoms with Gasteiger partial charge in [0.15, 0.2) is 29.0 Å². The third kappa shape index (κ3) is 18.8. The van der Waals surface area contributed by atoms with E-state index in [2.05, 4.69) is 35.8 Å². The molecule has 11 nitrogen and oxygen atoms in total. The number of aliphatic imine (C=N–C) groups is 1. The Bertz CT molecular complexity index is 1720. The summed E-state index contributed by atoms with van der Waals surface area (Å²) in [6, 6.07) is 5.23. The van der Waals surface area contributed by atoms with E-state index in [4.69, 9.17) is 25.9 Å². The molecule has 0 fully saturated rings. The van der Waals surface area contributed by atoms with Gasteiger partial charge in [0.1, 0.15) is 22.9 Å². The number of unbranched alkanes of at least 4 members (excludes halogenated alkanes) is 3. The number of ketones is 1. The number of pyridine rings is 1. The molecule has 2 aliphatic rings. The second kappa shape index (κ2) is 29.5. The fourth-order valence-electron chi connectivity index (χ4n) is 5.46. The monoisotopic (exact) mass is 908 g/mol. The molecule has 0 bridgehead atoms. The van der Waals surface area contributed by atoms with E-state index in [1.165, 1.54) is 12.8 Å². The van der Waals surface area contributed by atoms with Crippen LogP contribution in [0.3, 0.4) is 0 Å². The summed E-state index contributed by atoms with van der Waals surface area (Å²) >= 11 is 0. The van der Waals surface area contributed by atoms with Crippen molar-refractivity contribution in [1.82, 2.24) is 14.9 Å². The number of allylic oxidation sites excluding steroid dienone is 4. The molecule has 0 saturated heterocycles. The molecule has 0 saturated carbocycles. The van der Waals surface area contributed by atoms with E-state index in [9.17, 15) is 4.79 Å². The Balaban J connectivity index is 0.00000168. The third-order valence-electron chi connectivity index (χ3n) is 8.42. The number of halogens is 1. The van der Waals surface area contributed by atoms with Gasteiger partial charge in [-0.05, 0) is 104 Å². The van der Waals surface area contributed by atoms with Gasteiger partial charge in [0.05, 0.1) is 12.3 Å². The van der Waals surface area contributed by atoms with Gasteiger partial charge < -0.3 is 38.2 Å². The fraction of sp³-hybridized carbons (Fsp3) is 0.477. The van der Waals surface area contributed by atoms with Crippen molar-refractivity contribution in [3.8, 4) is 11.5 Å². The van der Waals surface area contributed by atoms with Crippen LogP contribution in [0.1, 0.15) is 90.5 Å². The number of nitrogens with two attached hydrogens (primary N) is 2. The van der Waals surface area contributed by atoms with E-state index in [0.717, 1.165) is 68.3 Å². The van der Waals surface area contributed by atoms with Gasteiger partial charge in [-0.15, -0.1) is 0 Å². The number of rotatable bonds is 14. The molecular weight excluding hydrogens is 840 g/mol. The van der Waals surface area contributed by atoms with Gasteiger partial charge in [-0.3, -0.25) is 4.79 Å². The molecule has 1 atom stereocenters. The molecule has 0 aliphatic carbocycles. The van der Waals surface area contributed by atoms with Crippen molar-refractivity contribution in [3.63, 3.8) is 0 Å². The van der Waals surface area contributed by atoms with Crippen LogP contribution in [-0.4, -0.2) is 79.6 Å². The van der Waals surface area contributed by atoms with Crippen LogP contribution < -0.4 is 94.7 Å². The van der Waals surface area contributed by atoms with Crippen LogP contribution in [-0.2, 0) is 4.79 Å². The van der Waals surface area contributed by atoms with Crippen molar-refractivity contribution < 1.29 is 87.6 Å². The molecule has 1 unspecified atom stereocenters. The molecule has 0 radical (unpaired) electrons. The van der Waals surface area contributed by atoms with Crippen LogP contribution in [0.4, 0.5) is 15.9 Å². The quantitative estimate of drug-likeness (QED) is 0.0795. The molecule has 2 aromatic rings. The van der Waals surface area contributed by atoms with E-state index in [0.29, 0.717) is 35.3 Å². The summed E-state index contributed by atoms with van der Waals surface area (Å²) in [5, 5.41) is 6.02. The maximum atomic E-state index is 15.5. The van der Waals surface area contributed by atoms with Crippen LogP contribution >= 0.6 is 0 Å². The summed E-state index contributed by atoms with van der Waals surface area (Å²) < 4.78 is 27.7. The first-order valence-electron chi connectivity index (χ1n) is 19.4. The van der Waals surface area contributed by atoms with Crippen molar-refractivity contribution in [3.05, 3.63) is 96.3 Å². The molecule has 57 heavy (non-hydrogen) atoms. The Hall–Kier alpha value is -2.76. The van der Waals surface area contributed by atoms with Crippen LogP contribution in [0.2, 0.25) is 0 Å². The fourth-order valence-corrected chi connectivity index (χ4v) is 5.46. The van der Waals surface area contributed by atoms with Crippen LogP contribution in [0.5, 0.6) is 11.5 Å². The molecule has 2 aliphatic heterocycles. The number of nitrogens with zero attached hydrogens (tertiary/aromatic N) is 6. The topological polar surface area (TPSA) is 135 Å². The van der Waals surface area contributed by atoms with Crippen molar-refractivity contribution in [2.24, 2.45) is 27.5 Å². The van der Waals surface area contributed by atoms with E-state index in [1.54, 1.807) is 55.6 Å². The smallest absolute Gasteiger partial charge is 0.489 e. The summed E-state index contributed by atoms with van der Waals surface area (Å²) in [7, 11) is 3.93. The van der Waals surface area contributed by atoms with Crippen molar-refractivity contribution in [2.45, 2.75) is 87.5 Å². The zero-order valence-corrected chi connectivity index (χ0v) is 43.1. The van der Waals surface area contributed by atoms with Gasteiger partial charge in [-0.1, -0.05) is 52.2 Å². The number of carbonyl (C=O) groups is 1. The summed E-state index contributed by atoms with van der Waals surface area (Å²) in [5.74, 6) is 2.61. The zero-order chi connectivity index (χ0) is 40.9.